The Morgan fingerprint density at radius 1 is 0.900 bits per heavy atom. The van der Waals surface area contributed by atoms with E-state index in [0.717, 1.165) is 36.1 Å². The highest BCUT2D eigenvalue weighted by Crippen LogP contribution is 2.32. The second-order valence-corrected chi connectivity index (χ2v) is 13.3. The molecule has 1 saturated heterocycles. The van der Waals surface area contributed by atoms with Gasteiger partial charge in [0.2, 0.25) is 0 Å². The maximum absolute atomic E-state index is 13.1. The summed E-state index contributed by atoms with van der Waals surface area (Å²) in [5, 5.41) is 3.15. The van der Waals surface area contributed by atoms with Crippen molar-refractivity contribution in [2.45, 2.75) is 55.9 Å². The van der Waals surface area contributed by atoms with E-state index in [-0.39, 0.29) is 16.8 Å². The zero-order valence-corrected chi connectivity index (χ0v) is 24.9. The fraction of sp³-hybridized carbons (Fsp3) is 0.387. The number of hydrogen-bond acceptors (Lipinski definition) is 5. The van der Waals surface area contributed by atoms with Gasteiger partial charge in [0.25, 0.3) is 15.9 Å². The number of hydrogen-bond donors (Lipinski definition) is 2. The molecule has 1 saturated carbocycles. The molecule has 2 aliphatic rings. The first-order valence-electron chi connectivity index (χ1n) is 14.0. The number of halogens is 1. The number of amides is 1. The summed E-state index contributed by atoms with van der Waals surface area (Å²) < 4.78 is 35.7. The van der Waals surface area contributed by atoms with Crippen LogP contribution in [0.15, 0.2) is 82.2 Å². The topological polar surface area (TPSA) is 87.7 Å². The normalized spacial score (nSPS) is 19.7. The first-order valence-corrected chi connectivity index (χ1v) is 16.3. The van der Waals surface area contributed by atoms with E-state index < -0.39 is 10.0 Å². The van der Waals surface area contributed by atoms with Crippen LogP contribution in [0.5, 0.6) is 11.5 Å². The zero-order valence-electron chi connectivity index (χ0n) is 22.5. The molecule has 2 fully saturated rings. The van der Waals surface area contributed by atoms with Crippen molar-refractivity contribution in [2.24, 2.45) is 5.92 Å². The molecule has 212 valence electrons. The number of carbonyl (C=O) groups excluding carboxylic acids is 1. The van der Waals surface area contributed by atoms with Gasteiger partial charge in [0.15, 0.2) is 5.75 Å². The largest absolute Gasteiger partial charge is 0.455 e. The van der Waals surface area contributed by atoms with Gasteiger partial charge in [-0.15, -0.1) is 0 Å². The first kappa shape index (κ1) is 28.6. The Bertz CT molecular complexity index is 1380. The van der Waals surface area contributed by atoms with Crippen molar-refractivity contribution in [1.29, 1.82) is 0 Å². The van der Waals surface area contributed by atoms with Gasteiger partial charge in [-0.25, -0.2) is 8.42 Å². The van der Waals surface area contributed by atoms with Crippen LogP contribution >= 0.6 is 15.9 Å². The van der Waals surface area contributed by atoms with E-state index in [1.165, 1.54) is 51.0 Å². The quantitative estimate of drug-likeness (QED) is 0.258. The Labute approximate surface area is 245 Å². The van der Waals surface area contributed by atoms with Crippen molar-refractivity contribution in [3.8, 4) is 11.5 Å². The van der Waals surface area contributed by atoms with Gasteiger partial charge in [-0.1, -0.05) is 28.1 Å². The molecule has 9 heteroatoms. The highest BCUT2D eigenvalue weighted by atomic mass is 79.9. The third-order valence-corrected chi connectivity index (χ3v) is 9.74. The van der Waals surface area contributed by atoms with E-state index in [1.807, 2.05) is 12.1 Å². The van der Waals surface area contributed by atoms with Crippen molar-refractivity contribution in [1.82, 2.24) is 10.2 Å². The summed E-state index contributed by atoms with van der Waals surface area (Å²) in [6, 6.07) is 20.4. The highest BCUT2D eigenvalue weighted by Gasteiger charge is 2.24. The van der Waals surface area contributed by atoms with Gasteiger partial charge in [-0.05, 0) is 131 Å². The number of carbonyl (C=O) groups is 1. The number of anilines is 1. The monoisotopic (exact) mass is 625 g/mol. The molecule has 5 rings (SSSR count). The van der Waals surface area contributed by atoms with E-state index >= 15 is 0 Å². The Kier molecular flexibility index (Phi) is 9.44. The van der Waals surface area contributed by atoms with Gasteiger partial charge >= 0.3 is 0 Å². The predicted molar refractivity (Wildman–Crippen MR) is 161 cm³/mol. The summed E-state index contributed by atoms with van der Waals surface area (Å²) in [5.41, 5.74) is 0.775. The van der Waals surface area contributed by atoms with Crippen molar-refractivity contribution >= 4 is 37.5 Å². The fourth-order valence-corrected chi connectivity index (χ4v) is 6.83. The van der Waals surface area contributed by atoms with Gasteiger partial charge in [0.1, 0.15) is 5.75 Å². The highest BCUT2D eigenvalue weighted by molar-refractivity contribution is 9.10. The Morgan fingerprint density at radius 3 is 2.27 bits per heavy atom. The summed E-state index contributed by atoms with van der Waals surface area (Å²) in [6.07, 6.45) is 8.20. The van der Waals surface area contributed by atoms with Gasteiger partial charge in [0, 0.05) is 16.1 Å². The second-order valence-electron chi connectivity index (χ2n) is 10.7. The molecule has 0 radical (unpaired) electrons. The third-order valence-electron chi connectivity index (χ3n) is 7.83. The van der Waals surface area contributed by atoms with Crippen molar-refractivity contribution < 1.29 is 17.9 Å². The van der Waals surface area contributed by atoms with Gasteiger partial charge in [-0.2, -0.15) is 0 Å². The third kappa shape index (κ3) is 7.65. The van der Waals surface area contributed by atoms with E-state index in [2.05, 4.69) is 30.9 Å². The number of sulfonamides is 1. The van der Waals surface area contributed by atoms with E-state index in [1.54, 1.807) is 48.5 Å². The molecule has 3 aromatic carbocycles. The molecule has 2 N–H and O–H groups in total. The van der Waals surface area contributed by atoms with Crippen LogP contribution in [0, 0.1) is 5.92 Å². The number of ether oxygens (including phenoxy) is 1. The first-order chi connectivity index (χ1) is 19.4. The molecule has 7 nitrogen and oxygen atoms in total. The Balaban J connectivity index is 1.14. The molecule has 0 atom stereocenters. The van der Waals surface area contributed by atoms with Crippen LogP contribution in [0.1, 0.15) is 55.3 Å². The molecular formula is C31H36BrN3O4S. The van der Waals surface area contributed by atoms with Crippen molar-refractivity contribution in [3.63, 3.8) is 0 Å². The molecule has 40 heavy (non-hydrogen) atoms. The van der Waals surface area contributed by atoms with Gasteiger partial charge in [-0.3, -0.25) is 9.52 Å². The van der Waals surface area contributed by atoms with Crippen molar-refractivity contribution in [2.75, 3.05) is 24.4 Å². The Hall–Kier alpha value is -2.88. The number of likely N-dealkylation sites (tertiary alicyclic amines) is 1. The molecule has 0 bridgehead atoms. The fourth-order valence-electron chi connectivity index (χ4n) is 5.49. The van der Waals surface area contributed by atoms with E-state index in [0.29, 0.717) is 22.7 Å². The average molecular weight is 627 g/mol. The van der Waals surface area contributed by atoms with Crippen LogP contribution in [-0.2, 0) is 10.0 Å². The molecule has 0 aromatic heterocycles. The standard InChI is InChI=1S/C31H36BrN3O4S/c32-25-11-15-27(16-12-25)39-30-6-2-1-5-29(30)34-40(37,38)28-17-9-24(10-18-28)31(36)33-26-13-7-23(8-14-26)19-22-35-20-3-4-21-35/h1-2,5-6,9-12,15-18,23,26,34H,3-4,7-8,13-14,19-22H2,(H,33,36). The molecule has 0 unspecified atom stereocenters. The average Bonchev–Trinajstić information content (AvgIpc) is 3.49. The summed E-state index contributed by atoms with van der Waals surface area (Å²) in [7, 11) is -3.90. The predicted octanol–water partition coefficient (Wildman–Crippen LogP) is 6.82. The lowest BCUT2D eigenvalue weighted by Gasteiger charge is -2.30. The van der Waals surface area contributed by atoms with Crippen LogP contribution < -0.4 is 14.8 Å². The maximum atomic E-state index is 13.1. The minimum atomic E-state index is -3.90. The summed E-state index contributed by atoms with van der Waals surface area (Å²) in [6.45, 7) is 3.70. The number of nitrogens with zero attached hydrogens (tertiary/aromatic N) is 1. The van der Waals surface area contributed by atoms with Crippen LogP contribution in [0.2, 0.25) is 0 Å². The molecule has 1 heterocycles. The molecule has 1 aliphatic heterocycles. The van der Waals surface area contributed by atoms with Crippen LogP contribution in [0.3, 0.4) is 0 Å². The SMILES string of the molecule is O=C(NC1CCC(CCN2CCCC2)CC1)c1ccc(S(=O)(=O)Nc2ccccc2Oc2ccc(Br)cc2)cc1. The van der Waals surface area contributed by atoms with E-state index in [4.69, 9.17) is 4.74 Å². The number of para-hydroxylation sites is 2. The molecule has 1 aliphatic carbocycles. The smallest absolute Gasteiger partial charge is 0.262 e. The minimum absolute atomic E-state index is 0.0704. The van der Waals surface area contributed by atoms with Gasteiger partial charge < -0.3 is 15.0 Å². The van der Waals surface area contributed by atoms with Crippen LogP contribution in [0.4, 0.5) is 5.69 Å². The minimum Gasteiger partial charge on any atom is -0.455 e. The Morgan fingerprint density at radius 2 is 1.57 bits per heavy atom. The molecule has 1 amide bonds. The van der Waals surface area contributed by atoms with Crippen LogP contribution in [-0.4, -0.2) is 44.9 Å². The lowest BCUT2D eigenvalue weighted by molar-refractivity contribution is 0.0920. The number of rotatable bonds is 10. The van der Waals surface area contributed by atoms with Gasteiger partial charge in [0.05, 0.1) is 10.6 Å². The number of nitrogens with one attached hydrogen (secondary N) is 2. The summed E-state index contributed by atoms with van der Waals surface area (Å²) >= 11 is 3.39. The lowest BCUT2D eigenvalue weighted by Crippen LogP contribution is -2.38. The summed E-state index contributed by atoms with van der Waals surface area (Å²) in [5.74, 6) is 1.55. The maximum Gasteiger partial charge on any atom is 0.262 e. The molecular weight excluding hydrogens is 590 g/mol. The lowest BCUT2D eigenvalue weighted by atomic mass is 9.84. The molecule has 3 aromatic rings. The number of benzene rings is 3. The molecule has 0 spiro atoms. The zero-order chi connectivity index (χ0) is 28.0. The van der Waals surface area contributed by atoms with Crippen molar-refractivity contribution in [3.05, 3.63) is 82.8 Å². The summed E-state index contributed by atoms with van der Waals surface area (Å²) in [4.78, 5) is 15.5. The van der Waals surface area contributed by atoms with E-state index in [9.17, 15) is 13.2 Å². The van der Waals surface area contributed by atoms with Crippen LogP contribution in [0.25, 0.3) is 0 Å². The second kappa shape index (κ2) is 13.2.